The number of aryl methyl sites for hydroxylation is 2. The van der Waals surface area contributed by atoms with E-state index in [4.69, 9.17) is 4.42 Å². The van der Waals surface area contributed by atoms with Crippen LogP contribution < -0.4 is 0 Å². The molecule has 1 aliphatic carbocycles. The first-order chi connectivity index (χ1) is 7.27. The zero-order valence-corrected chi connectivity index (χ0v) is 9.34. The molecule has 78 valence electrons. The summed E-state index contributed by atoms with van der Waals surface area (Å²) in [6.07, 6.45) is 3.67. The minimum atomic E-state index is 0.498. The van der Waals surface area contributed by atoms with Crippen molar-refractivity contribution < 1.29 is 4.42 Å². The maximum absolute atomic E-state index is 5.97. The van der Waals surface area contributed by atoms with Crippen LogP contribution in [0.25, 0.3) is 11.0 Å². The Morgan fingerprint density at radius 1 is 1.20 bits per heavy atom. The molecular weight excluding hydrogens is 184 g/mol. The van der Waals surface area contributed by atoms with Crippen LogP contribution in [-0.4, -0.2) is 0 Å². The molecule has 0 spiro atoms. The predicted molar refractivity (Wildman–Crippen MR) is 62.3 cm³/mol. The second-order valence-electron chi connectivity index (χ2n) is 4.74. The van der Waals surface area contributed by atoms with E-state index in [2.05, 4.69) is 32.0 Å². The van der Waals surface area contributed by atoms with Crippen LogP contribution in [0.5, 0.6) is 0 Å². The van der Waals surface area contributed by atoms with Gasteiger partial charge in [-0.05, 0) is 30.9 Å². The van der Waals surface area contributed by atoms with E-state index >= 15 is 0 Å². The van der Waals surface area contributed by atoms with Crippen LogP contribution in [0, 0.1) is 0 Å². The number of furan rings is 1. The number of hydrogen-bond acceptors (Lipinski definition) is 1. The smallest absolute Gasteiger partial charge is 0.134 e. The van der Waals surface area contributed by atoms with Gasteiger partial charge in [0.15, 0.2) is 0 Å². The van der Waals surface area contributed by atoms with Crippen molar-refractivity contribution in [1.29, 1.82) is 0 Å². The summed E-state index contributed by atoms with van der Waals surface area (Å²) < 4.78 is 5.97. The SMILES string of the molecule is CC(C)c1oc2cccc3c2c1CCC3. The number of rotatable bonds is 1. The average molecular weight is 200 g/mol. The van der Waals surface area contributed by atoms with Gasteiger partial charge in [-0.25, -0.2) is 0 Å². The Morgan fingerprint density at radius 3 is 2.87 bits per heavy atom. The van der Waals surface area contributed by atoms with E-state index in [0.29, 0.717) is 5.92 Å². The summed E-state index contributed by atoms with van der Waals surface area (Å²) in [5, 5.41) is 1.41. The molecule has 1 aliphatic rings. The Labute approximate surface area is 90.1 Å². The Balaban J connectivity index is 2.38. The molecule has 0 saturated heterocycles. The fraction of sp³-hybridized carbons (Fsp3) is 0.429. The van der Waals surface area contributed by atoms with Crippen molar-refractivity contribution in [3.05, 3.63) is 35.1 Å². The van der Waals surface area contributed by atoms with Crippen LogP contribution in [0.1, 0.15) is 43.1 Å². The third kappa shape index (κ3) is 1.22. The Kier molecular flexibility index (Phi) is 1.88. The van der Waals surface area contributed by atoms with Crippen molar-refractivity contribution in [1.82, 2.24) is 0 Å². The molecule has 0 radical (unpaired) electrons. The summed E-state index contributed by atoms with van der Waals surface area (Å²) >= 11 is 0. The van der Waals surface area contributed by atoms with E-state index in [1.165, 1.54) is 41.5 Å². The second-order valence-corrected chi connectivity index (χ2v) is 4.74. The molecule has 0 saturated carbocycles. The van der Waals surface area contributed by atoms with Crippen molar-refractivity contribution in [3.63, 3.8) is 0 Å². The highest BCUT2D eigenvalue weighted by atomic mass is 16.3. The predicted octanol–water partition coefficient (Wildman–Crippen LogP) is 4.04. The maximum atomic E-state index is 5.97. The highest BCUT2D eigenvalue weighted by Crippen LogP contribution is 2.37. The normalized spacial score (nSPS) is 15.1. The van der Waals surface area contributed by atoms with Crippen molar-refractivity contribution in [2.75, 3.05) is 0 Å². The molecular formula is C14H16O. The molecule has 1 heterocycles. The molecule has 0 amide bonds. The molecule has 0 bridgehead atoms. The van der Waals surface area contributed by atoms with Crippen molar-refractivity contribution in [2.45, 2.75) is 39.0 Å². The third-order valence-electron chi connectivity index (χ3n) is 3.33. The summed E-state index contributed by atoms with van der Waals surface area (Å²) in [5.41, 5.74) is 4.04. The molecule has 1 nitrogen and oxygen atoms in total. The quantitative estimate of drug-likeness (QED) is 0.677. The summed E-state index contributed by atoms with van der Waals surface area (Å²) in [6, 6.07) is 6.45. The zero-order valence-electron chi connectivity index (χ0n) is 9.34. The molecule has 1 heteroatoms. The fourth-order valence-electron chi connectivity index (χ4n) is 2.69. The maximum Gasteiger partial charge on any atom is 0.134 e. The van der Waals surface area contributed by atoms with Gasteiger partial charge in [0, 0.05) is 16.9 Å². The van der Waals surface area contributed by atoms with Crippen LogP contribution in [0.15, 0.2) is 22.6 Å². The summed E-state index contributed by atoms with van der Waals surface area (Å²) in [5.74, 6) is 1.70. The summed E-state index contributed by atoms with van der Waals surface area (Å²) in [7, 11) is 0. The van der Waals surface area contributed by atoms with Crippen LogP contribution in [-0.2, 0) is 12.8 Å². The average Bonchev–Trinajstić information content (AvgIpc) is 2.61. The number of hydrogen-bond donors (Lipinski definition) is 0. The fourth-order valence-corrected chi connectivity index (χ4v) is 2.69. The minimum Gasteiger partial charge on any atom is -0.460 e. The van der Waals surface area contributed by atoms with E-state index in [1.54, 1.807) is 0 Å². The number of benzene rings is 1. The lowest BCUT2D eigenvalue weighted by atomic mass is 9.90. The topological polar surface area (TPSA) is 13.1 Å². The van der Waals surface area contributed by atoms with Gasteiger partial charge in [0.05, 0.1) is 0 Å². The lowest BCUT2D eigenvalue weighted by Crippen LogP contribution is -2.01. The van der Waals surface area contributed by atoms with Gasteiger partial charge < -0.3 is 4.42 Å². The lowest BCUT2D eigenvalue weighted by Gasteiger charge is -2.12. The largest absolute Gasteiger partial charge is 0.460 e. The molecule has 3 rings (SSSR count). The molecule has 0 atom stereocenters. The lowest BCUT2D eigenvalue weighted by molar-refractivity contribution is 0.514. The van der Waals surface area contributed by atoms with Gasteiger partial charge in [-0.3, -0.25) is 0 Å². The van der Waals surface area contributed by atoms with E-state index in [0.717, 1.165) is 5.58 Å². The molecule has 1 aromatic carbocycles. The Morgan fingerprint density at radius 2 is 2.07 bits per heavy atom. The van der Waals surface area contributed by atoms with Crippen LogP contribution in [0.4, 0.5) is 0 Å². The molecule has 0 fully saturated rings. The van der Waals surface area contributed by atoms with Crippen molar-refractivity contribution in [2.24, 2.45) is 0 Å². The molecule has 2 aromatic rings. The first-order valence-electron chi connectivity index (χ1n) is 5.80. The standard InChI is InChI=1S/C14H16O/c1-9(2)14-11-7-3-5-10-6-4-8-12(15-14)13(10)11/h4,6,8-9H,3,5,7H2,1-2H3. The van der Waals surface area contributed by atoms with Gasteiger partial charge in [0.25, 0.3) is 0 Å². The van der Waals surface area contributed by atoms with Gasteiger partial charge >= 0.3 is 0 Å². The Hall–Kier alpha value is -1.24. The molecule has 0 N–H and O–H groups in total. The monoisotopic (exact) mass is 200 g/mol. The van der Waals surface area contributed by atoms with Crippen molar-refractivity contribution in [3.8, 4) is 0 Å². The van der Waals surface area contributed by atoms with Crippen LogP contribution in [0.2, 0.25) is 0 Å². The van der Waals surface area contributed by atoms with E-state index in [-0.39, 0.29) is 0 Å². The molecule has 15 heavy (non-hydrogen) atoms. The molecule has 0 unspecified atom stereocenters. The second kappa shape index (κ2) is 3.13. The van der Waals surface area contributed by atoms with Gasteiger partial charge in [-0.1, -0.05) is 26.0 Å². The molecule has 0 aliphatic heterocycles. The van der Waals surface area contributed by atoms with Gasteiger partial charge in [0.2, 0.25) is 0 Å². The van der Waals surface area contributed by atoms with Gasteiger partial charge in [0.1, 0.15) is 11.3 Å². The first kappa shape index (κ1) is 9.02. The zero-order chi connectivity index (χ0) is 10.4. The molecule has 1 aromatic heterocycles. The van der Waals surface area contributed by atoms with E-state index in [9.17, 15) is 0 Å². The van der Waals surface area contributed by atoms with Crippen LogP contribution in [0.3, 0.4) is 0 Å². The van der Waals surface area contributed by atoms with E-state index < -0.39 is 0 Å². The summed E-state index contributed by atoms with van der Waals surface area (Å²) in [6.45, 7) is 4.42. The first-order valence-corrected chi connectivity index (χ1v) is 5.80. The third-order valence-corrected chi connectivity index (χ3v) is 3.33. The highest BCUT2D eigenvalue weighted by molar-refractivity contribution is 5.86. The van der Waals surface area contributed by atoms with Gasteiger partial charge in [-0.15, -0.1) is 0 Å². The van der Waals surface area contributed by atoms with E-state index in [1.807, 2.05) is 0 Å². The minimum absolute atomic E-state index is 0.498. The van der Waals surface area contributed by atoms with Crippen molar-refractivity contribution >= 4 is 11.0 Å². The van der Waals surface area contributed by atoms with Gasteiger partial charge in [-0.2, -0.15) is 0 Å². The highest BCUT2D eigenvalue weighted by Gasteiger charge is 2.21. The Bertz CT molecular complexity index is 505. The van der Waals surface area contributed by atoms with Crippen LogP contribution >= 0.6 is 0 Å². The summed E-state index contributed by atoms with van der Waals surface area (Å²) in [4.78, 5) is 0.